The van der Waals surface area contributed by atoms with Gasteiger partial charge in [-0.3, -0.25) is 4.79 Å². The van der Waals surface area contributed by atoms with Gasteiger partial charge in [0, 0.05) is 5.69 Å². The summed E-state index contributed by atoms with van der Waals surface area (Å²) in [5, 5.41) is 7.41. The summed E-state index contributed by atoms with van der Waals surface area (Å²) in [5.41, 5.74) is 6.80. The van der Waals surface area contributed by atoms with Gasteiger partial charge in [-0.25, -0.2) is 18.9 Å². The first-order valence-corrected chi connectivity index (χ1v) is 11.7. The number of rotatable bonds is 5. The minimum absolute atomic E-state index is 0.198. The Kier molecular flexibility index (Phi) is 5.80. The normalized spacial score (nSPS) is 11.2. The monoisotopic (exact) mass is 481 g/mol. The van der Waals surface area contributed by atoms with Crippen molar-refractivity contribution in [2.24, 2.45) is 0 Å². The van der Waals surface area contributed by atoms with Crippen molar-refractivity contribution in [2.75, 3.05) is 5.32 Å². The number of carbonyl (C=O) groups excluding carboxylic acids is 1. The van der Waals surface area contributed by atoms with E-state index in [9.17, 15) is 9.59 Å². The van der Waals surface area contributed by atoms with Gasteiger partial charge in [-0.15, -0.1) is 5.10 Å². The van der Waals surface area contributed by atoms with Crippen LogP contribution in [0.4, 0.5) is 5.69 Å². The van der Waals surface area contributed by atoms with Crippen molar-refractivity contribution < 1.29 is 9.53 Å². The zero-order valence-electron chi connectivity index (χ0n) is 20.9. The van der Waals surface area contributed by atoms with Crippen LogP contribution in [0.25, 0.3) is 16.7 Å². The fraction of sp³-hybridized carbons (Fsp3) is 0.214. The van der Waals surface area contributed by atoms with Gasteiger partial charge in [0.1, 0.15) is 12.3 Å². The van der Waals surface area contributed by atoms with Crippen molar-refractivity contribution >= 4 is 28.3 Å². The smallest absolute Gasteiger partial charge is 0.351 e. The fourth-order valence-corrected chi connectivity index (χ4v) is 4.47. The third-order valence-corrected chi connectivity index (χ3v) is 6.37. The molecule has 0 fully saturated rings. The van der Waals surface area contributed by atoms with Gasteiger partial charge in [0.15, 0.2) is 0 Å². The highest BCUT2D eigenvalue weighted by atomic mass is 16.5. The molecule has 36 heavy (non-hydrogen) atoms. The number of nitrogens with zero attached hydrogens (tertiary/aromatic N) is 4. The van der Waals surface area contributed by atoms with Crippen LogP contribution in [-0.4, -0.2) is 25.1 Å². The zero-order chi connectivity index (χ0) is 25.6. The first-order chi connectivity index (χ1) is 17.2. The number of nitrogens with one attached hydrogen (secondary N) is 1. The van der Waals surface area contributed by atoms with E-state index in [1.54, 1.807) is 6.07 Å². The van der Waals surface area contributed by atoms with Crippen molar-refractivity contribution in [2.45, 2.75) is 41.2 Å². The third kappa shape index (κ3) is 4.11. The van der Waals surface area contributed by atoms with E-state index in [0.717, 1.165) is 38.2 Å². The summed E-state index contributed by atoms with van der Waals surface area (Å²) in [6, 6.07) is 17.0. The maximum Gasteiger partial charge on any atom is 0.351 e. The van der Waals surface area contributed by atoms with E-state index in [-0.39, 0.29) is 24.0 Å². The van der Waals surface area contributed by atoms with E-state index < -0.39 is 5.69 Å². The molecule has 5 rings (SSSR count). The number of ether oxygens (including phenoxy) is 1. The minimum atomic E-state index is -0.443. The molecule has 8 nitrogen and oxygen atoms in total. The highest BCUT2D eigenvalue weighted by Gasteiger charge is 2.20. The standard InChI is InChI=1S/C28H27N5O3/c1-16-13-18(3)25(19(4)14-16)30-24(34)15-32-28(35)33-22-11-7-6-10-21(22)29-27(26(33)31-32)36-23-12-8-9-17(2)20(23)5/h6-14H,15H2,1-5H3,(H,30,34). The third-order valence-electron chi connectivity index (χ3n) is 6.37. The molecule has 182 valence electrons. The number of amides is 1. The number of anilines is 1. The first-order valence-electron chi connectivity index (χ1n) is 11.7. The van der Waals surface area contributed by atoms with Crippen LogP contribution >= 0.6 is 0 Å². The second kappa shape index (κ2) is 8.96. The molecule has 0 atom stereocenters. The molecule has 1 N–H and O–H groups in total. The predicted octanol–water partition coefficient (Wildman–Crippen LogP) is 5.02. The topological polar surface area (TPSA) is 90.5 Å². The molecule has 8 heteroatoms. The van der Waals surface area contributed by atoms with Crippen molar-refractivity contribution in [3.05, 3.63) is 92.9 Å². The molecule has 0 radical (unpaired) electrons. The maximum absolute atomic E-state index is 13.4. The summed E-state index contributed by atoms with van der Waals surface area (Å²) < 4.78 is 8.77. The van der Waals surface area contributed by atoms with Crippen LogP contribution in [0, 0.1) is 34.6 Å². The van der Waals surface area contributed by atoms with Gasteiger partial charge in [0.2, 0.25) is 11.6 Å². The zero-order valence-corrected chi connectivity index (χ0v) is 20.9. The number of carbonyl (C=O) groups is 1. The second-order valence-corrected chi connectivity index (χ2v) is 9.13. The van der Waals surface area contributed by atoms with Crippen molar-refractivity contribution in [1.29, 1.82) is 0 Å². The average molecular weight is 482 g/mol. The Balaban J connectivity index is 1.57. The molecule has 2 aromatic heterocycles. The Labute approximate surface area is 208 Å². The molecule has 1 amide bonds. The quantitative estimate of drug-likeness (QED) is 0.381. The molecule has 0 unspecified atom stereocenters. The Morgan fingerprint density at radius 3 is 2.42 bits per heavy atom. The molecular weight excluding hydrogens is 454 g/mol. The predicted molar refractivity (Wildman–Crippen MR) is 140 cm³/mol. The Morgan fingerprint density at radius 2 is 1.67 bits per heavy atom. The maximum atomic E-state index is 13.4. The molecule has 5 aromatic rings. The average Bonchev–Trinajstić information content (AvgIpc) is 3.15. The molecule has 0 spiro atoms. The highest BCUT2D eigenvalue weighted by molar-refractivity contribution is 5.92. The van der Waals surface area contributed by atoms with Crippen LogP contribution in [0.15, 0.2) is 59.4 Å². The SMILES string of the molecule is Cc1cc(C)c(NC(=O)Cn2nc3c(Oc4cccc(C)c4C)nc4ccccc4n3c2=O)c(C)c1. The van der Waals surface area contributed by atoms with Gasteiger partial charge in [0.05, 0.1) is 11.0 Å². The lowest BCUT2D eigenvalue weighted by molar-refractivity contribution is -0.117. The number of aryl methyl sites for hydroxylation is 4. The number of para-hydroxylation sites is 2. The Hall–Kier alpha value is -4.46. The second-order valence-electron chi connectivity index (χ2n) is 9.13. The van der Waals surface area contributed by atoms with E-state index in [1.807, 2.05) is 83.1 Å². The molecule has 0 aliphatic rings. The largest absolute Gasteiger partial charge is 0.436 e. The van der Waals surface area contributed by atoms with Gasteiger partial charge < -0.3 is 10.1 Å². The van der Waals surface area contributed by atoms with E-state index >= 15 is 0 Å². The highest BCUT2D eigenvalue weighted by Crippen LogP contribution is 2.29. The lowest BCUT2D eigenvalue weighted by Gasteiger charge is -2.12. The molecule has 0 bridgehead atoms. The summed E-state index contributed by atoms with van der Waals surface area (Å²) in [6.07, 6.45) is 0. The van der Waals surface area contributed by atoms with Gasteiger partial charge in [-0.1, -0.05) is 42.0 Å². The number of aromatic nitrogens is 4. The number of benzene rings is 3. The first kappa shape index (κ1) is 23.3. The van der Waals surface area contributed by atoms with Crippen LogP contribution in [0.1, 0.15) is 27.8 Å². The van der Waals surface area contributed by atoms with Crippen LogP contribution < -0.4 is 15.7 Å². The molecule has 0 aliphatic carbocycles. The van der Waals surface area contributed by atoms with Crippen molar-refractivity contribution in [3.63, 3.8) is 0 Å². The van der Waals surface area contributed by atoms with Crippen molar-refractivity contribution in [3.8, 4) is 11.6 Å². The fourth-order valence-electron chi connectivity index (χ4n) is 4.47. The molecular formula is C28H27N5O3. The van der Waals surface area contributed by atoms with E-state index in [4.69, 9.17) is 4.74 Å². The van der Waals surface area contributed by atoms with Gasteiger partial charge in [-0.05, 0) is 75.1 Å². The van der Waals surface area contributed by atoms with E-state index in [2.05, 4.69) is 15.4 Å². The van der Waals surface area contributed by atoms with Crippen molar-refractivity contribution in [1.82, 2.24) is 19.2 Å². The summed E-state index contributed by atoms with van der Waals surface area (Å²) in [6.45, 7) is 9.62. The summed E-state index contributed by atoms with van der Waals surface area (Å²) in [5.74, 6) is 0.485. The Morgan fingerprint density at radius 1 is 0.944 bits per heavy atom. The summed E-state index contributed by atoms with van der Waals surface area (Å²) >= 11 is 0. The van der Waals surface area contributed by atoms with Gasteiger partial charge in [-0.2, -0.15) is 0 Å². The number of hydrogen-bond acceptors (Lipinski definition) is 5. The van der Waals surface area contributed by atoms with Gasteiger partial charge in [0.25, 0.3) is 5.88 Å². The number of hydrogen-bond donors (Lipinski definition) is 1. The molecule has 0 aliphatic heterocycles. The Bertz CT molecular complexity index is 1690. The van der Waals surface area contributed by atoms with Crippen LogP contribution in [0.3, 0.4) is 0 Å². The number of fused-ring (bicyclic) bond motifs is 3. The minimum Gasteiger partial charge on any atom is -0.436 e. The van der Waals surface area contributed by atoms with E-state index in [0.29, 0.717) is 16.8 Å². The summed E-state index contributed by atoms with van der Waals surface area (Å²) in [4.78, 5) is 31.0. The lowest BCUT2D eigenvalue weighted by Crippen LogP contribution is -2.28. The molecule has 2 heterocycles. The molecule has 0 saturated carbocycles. The molecule has 3 aromatic carbocycles. The van der Waals surface area contributed by atoms with Gasteiger partial charge >= 0.3 is 5.69 Å². The van der Waals surface area contributed by atoms with E-state index in [1.165, 1.54) is 4.40 Å². The molecule has 0 saturated heterocycles. The summed E-state index contributed by atoms with van der Waals surface area (Å²) in [7, 11) is 0. The lowest BCUT2D eigenvalue weighted by atomic mass is 10.1. The van der Waals surface area contributed by atoms with Crippen LogP contribution in [0.2, 0.25) is 0 Å². The van der Waals surface area contributed by atoms with Crippen LogP contribution in [0.5, 0.6) is 11.6 Å². The van der Waals surface area contributed by atoms with Crippen LogP contribution in [-0.2, 0) is 11.3 Å².